The highest BCUT2D eigenvalue weighted by Gasteiger charge is 2.13. The molecule has 0 fully saturated rings. The summed E-state index contributed by atoms with van der Waals surface area (Å²) >= 11 is 1.42. The van der Waals surface area contributed by atoms with Gasteiger partial charge in [-0.1, -0.05) is 0 Å². The molecule has 0 aliphatic rings. The van der Waals surface area contributed by atoms with E-state index < -0.39 is 5.97 Å². The Hall–Kier alpha value is -1.36. The third kappa shape index (κ3) is 3.36. The van der Waals surface area contributed by atoms with Crippen LogP contribution in [-0.4, -0.2) is 35.5 Å². The third-order valence-electron chi connectivity index (χ3n) is 1.96. The summed E-state index contributed by atoms with van der Waals surface area (Å²) in [6.45, 7) is 2.17. The van der Waals surface area contributed by atoms with Crippen LogP contribution >= 0.6 is 11.3 Å². The van der Waals surface area contributed by atoms with Crippen molar-refractivity contribution in [3.8, 4) is 0 Å². The maximum atomic E-state index is 11.7. The van der Waals surface area contributed by atoms with Gasteiger partial charge in [-0.3, -0.25) is 9.59 Å². The Morgan fingerprint density at radius 2 is 2.13 bits per heavy atom. The van der Waals surface area contributed by atoms with E-state index in [1.54, 1.807) is 13.1 Å². The normalized spacial score (nSPS) is 10.0. The molecule has 4 nitrogen and oxygen atoms in total. The van der Waals surface area contributed by atoms with Crippen molar-refractivity contribution in [3.05, 3.63) is 21.9 Å². The SMILES string of the molecule is Cc1ccc(C(=O)N(C)CCC(=O)O)s1. The first kappa shape index (κ1) is 11.7. The summed E-state index contributed by atoms with van der Waals surface area (Å²) in [5.74, 6) is -1.01. The van der Waals surface area contributed by atoms with Gasteiger partial charge in [0.25, 0.3) is 5.91 Å². The highest BCUT2D eigenvalue weighted by Crippen LogP contribution is 2.16. The largest absolute Gasteiger partial charge is 0.481 e. The summed E-state index contributed by atoms with van der Waals surface area (Å²) in [4.78, 5) is 25.2. The highest BCUT2D eigenvalue weighted by atomic mass is 32.1. The Morgan fingerprint density at radius 1 is 1.47 bits per heavy atom. The van der Waals surface area contributed by atoms with Crippen LogP contribution in [0.4, 0.5) is 0 Å². The summed E-state index contributed by atoms with van der Waals surface area (Å²) in [6, 6.07) is 3.64. The van der Waals surface area contributed by atoms with Gasteiger partial charge < -0.3 is 10.0 Å². The van der Waals surface area contributed by atoms with Crippen molar-refractivity contribution in [2.24, 2.45) is 0 Å². The maximum Gasteiger partial charge on any atom is 0.305 e. The molecule has 15 heavy (non-hydrogen) atoms. The lowest BCUT2D eigenvalue weighted by Crippen LogP contribution is -2.28. The zero-order chi connectivity index (χ0) is 11.4. The van der Waals surface area contributed by atoms with Crippen LogP contribution in [0.1, 0.15) is 21.0 Å². The van der Waals surface area contributed by atoms with E-state index in [1.807, 2.05) is 13.0 Å². The first-order chi connectivity index (χ1) is 7.00. The molecule has 0 saturated heterocycles. The molecule has 0 bridgehead atoms. The number of carboxylic acids is 1. The van der Waals surface area contributed by atoms with E-state index in [4.69, 9.17) is 5.11 Å². The van der Waals surface area contributed by atoms with Crippen molar-refractivity contribution in [3.63, 3.8) is 0 Å². The Morgan fingerprint density at radius 3 is 2.60 bits per heavy atom. The first-order valence-corrected chi connectivity index (χ1v) is 5.36. The summed E-state index contributed by atoms with van der Waals surface area (Å²) < 4.78 is 0. The van der Waals surface area contributed by atoms with E-state index in [1.165, 1.54) is 16.2 Å². The molecule has 0 saturated carbocycles. The highest BCUT2D eigenvalue weighted by molar-refractivity contribution is 7.13. The van der Waals surface area contributed by atoms with Crippen LogP contribution in [-0.2, 0) is 4.79 Å². The Bertz CT molecular complexity index is 372. The molecule has 0 spiro atoms. The number of carboxylic acid groups (broad SMARTS) is 1. The summed E-state index contributed by atoms with van der Waals surface area (Å²) in [5.41, 5.74) is 0. The average molecular weight is 227 g/mol. The summed E-state index contributed by atoms with van der Waals surface area (Å²) in [5, 5.41) is 8.48. The lowest BCUT2D eigenvalue weighted by Gasteiger charge is -2.14. The molecular formula is C10H13NO3S. The number of hydrogen-bond donors (Lipinski definition) is 1. The number of aryl methyl sites for hydroxylation is 1. The fourth-order valence-corrected chi connectivity index (χ4v) is 1.96. The Balaban J connectivity index is 2.57. The van der Waals surface area contributed by atoms with Crippen LogP contribution in [0.3, 0.4) is 0 Å². The minimum atomic E-state index is -0.892. The van der Waals surface area contributed by atoms with Crippen molar-refractivity contribution in [1.82, 2.24) is 4.90 Å². The van der Waals surface area contributed by atoms with Crippen molar-refractivity contribution in [1.29, 1.82) is 0 Å². The van der Waals surface area contributed by atoms with Crippen molar-refractivity contribution in [2.75, 3.05) is 13.6 Å². The van der Waals surface area contributed by atoms with E-state index in [9.17, 15) is 9.59 Å². The van der Waals surface area contributed by atoms with Gasteiger partial charge in [0.05, 0.1) is 11.3 Å². The minimum absolute atomic E-state index is 0.0212. The summed E-state index contributed by atoms with van der Waals surface area (Å²) in [7, 11) is 1.61. The van der Waals surface area contributed by atoms with Gasteiger partial charge in [0.1, 0.15) is 0 Å². The molecule has 0 aliphatic carbocycles. The van der Waals surface area contributed by atoms with Gasteiger partial charge in [-0.25, -0.2) is 0 Å². The molecule has 82 valence electrons. The standard InChI is InChI=1S/C10H13NO3S/c1-7-3-4-8(15-7)10(14)11(2)6-5-9(12)13/h3-4H,5-6H2,1-2H3,(H,12,13). The molecule has 1 aromatic rings. The van der Waals surface area contributed by atoms with Crippen LogP contribution in [0.15, 0.2) is 12.1 Å². The van der Waals surface area contributed by atoms with Gasteiger partial charge in [-0.05, 0) is 19.1 Å². The average Bonchev–Trinajstić information content (AvgIpc) is 2.60. The number of hydrogen-bond acceptors (Lipinski definition) is 3. The second-order valence-electron chi connectivity index (χ2n) is 3.28. The molecule has 0 aromatic carbocycles. The number of nitrogens with zero attached hydrogens (tertiary/aromatic N) is 1. The molecule has 0 radical (unpaired) electrons. The number of rotatable bonds is 4. The minimum Gasteiger partial charge on any atom is -0.481 e. The Labute approximate surface area is 92.1 Å². The summed E-state index contributed by atoms with van der Waals surface area (Å²) in [6.07, 6.45) is -0.0212. The van der Waals surface area contributed by atoms with E-state index in [2.05, 4.69) is 0 Å². The van der Waals surface area contributed by atoms with E-state index in [0.717, 1.165) is 4.88 Å². The predicted molar refractivity (Wildman–Crippen MR) is 58.3 cm³/mol. The molecule has 1 N–H and O–H groups in total. The molecular weight excluding hydrogens is 214 g/mol. The topological polar surface area (TPSA) is 57.6 Å². The van der Waals surface area contributed by atoms with Gasteiger partial charge in [0.15, 0.2) is 0 Å². The fraction of sp³-hybridized carbons (Fsp3) is 0.400. The lowest BCUT2D eigenvalue weighted by atomic mass is 10.3. The molecule has 1 amide bonds. The van der Waals surface area contributed by atoms with Crippen LogP contribution in [0, 0.1) is 6.92 Å². The van der Waals surface area contributed by atoms with Gasteiger partial charge in [-0.15, -0.1) is 11.3 Å². The smallest absolute Gasteiger partial charge is 0.305 e. The number of carbonyl (C=O) groups is 2. The molecule has 1 aromatic heterocycles. The van der Waals surface area contributed by atoms with E-state index in [-0.39, 0.29) is 18.9 Å². The fourth-order valence-electron chi connectivity index (χ4n) is 1.10. The van der Waals surface area contributed by atoms with Gasteiger partial charge in [0.2, 0.25) is 0 Å². The molecule has 1 heterocycles. The van der Waals surface area contributed by atoms with Crippen LogP contribution in [0.25, 0.3) is 0 Å². The van der Waals surface area contributed by atoms with Gasteiger partial charge >= 0.3 is 5.97 Å². The van der Waals surface area contributed by atoms with Gasteiger partial charge in [-0.2, -0.15) is 0 Å². The molecule has 5 heteroatoms. The van der Waals surface area contributed by atoms with Crippen molar-refractivity contribution < 1.29 is 14.7 Å². The van der Waals surface area contributed by atoms with Crippen molar-refractivity contribution in [2.45, 2.75) is 13.3 Å². The molecule has 0 aliphatic heterocycles. The Kier molecular flexibility index (Phi) is 3.85. The molecule has 0 atom stereocenters. The van der Waals surface area contributed by atoms with Crippen LogP contribution in [0.2, 0.25) is 0 Å². The van der Waals surface area contributed by atoms with E-state index >= 15 is 0 Å². The lowest BCUT2D eigenvalue weighted by molar-refractivity contribution is -0.137. The molecule has 1 rings (SSSR count). The number of aliphatic carboxylic acids is 1. The number of thiophene rings is 1. The third-order valence-corrected chi connectivity index (χ3v) is 2.95. The van der Waals surface area contributed by atoms with Crippen LogP contribution < -0.4 is 0 Å². The number of amides is 1. The first-order valence-electron chi connectivity index (χ1n) is 4.54. The van der Waals surface area contributed by atoms with Crippen molar-refractivity contribution >= 4 is 23.2 Å². The zero-order valence-corrected chi connectivity index (χ0v) is 9.50. The monoisotopic (exact) mass is 227 g/mol. The van der Waals surface area contributed by atoms with Crippen LogP contribution in [0.5, 0.6) is 0 Å². The van der Waals surface area contributed by atoms with Gasteiger partial charge in [0, 0.05) is 18.5 Å². The predicted octanol–water partition coefficient (Wildman–Crippen LogP) is 1.60. The second-order valence-corrected chi connectivity index (χ2v) is 4.57. The zero-order valence-electron chi connectivity index (χ0n) is 8.69. The van der Waals surface area contributed by atoms with E-state index in [0.29, 0.717) is 4.88 Å². The second kappa shape index (κ2) is 4.93. The number of carbonyl (C=O) groups excluding carboxylic acids is 1. The molecule has 0 unspecified atom stereocenters. The quantitative estimate of drug-likeness (QED) is 0.850. The maximum absolute atomic E-state index is 11.7.